The van der Waals surface area contributed by atoms with Gasteiger partial charge in [-0.1, -0.05) is 29.8 Å². The molecule has 136 valence electrons. The van der Waals surface area contributed by atoms with Crippen LogP contribution in [0.15, 0.2) is 71.5 Å². The van der Waals surface area contributed by atoms with E-state index in [-0.39, 0.29) is 16.8 Å². The number of oxazole rings is 1. The van der Waals surface area contributed by atoms with Gasteiger partial charge in [0.1, 0.15) is 5.75 Å². The van der Waals surface area contributed by atoms with Crippen LogP contribution in [-0.4, -0.2) is 16.8 Å². The van der Waals surface area contributed by atoms with Gasteiger partial charge in [-0.25, -0.2) is 9.88 Å². The second-order valence-electron chi connectivity index (χ2n) is 6.16. The molecular formula is C21H11ClN2O4. The number of carbonyl (C=O) groups excluding carboxylic acids is 2. The summed E-state index contributed by atoms with van der Waals surface area (Å²) in [4.78, 5) is 30.5. The van der Waals surface area contributed by atoms with Gasteiger partial charge >= 0.3 is 0 Å². The number of imide groups is 1. The molecule has 0 aliphatic carbocycles. The van der Waals surface area contributed by atoms with Crippen LogP contribution in [-0.2, 0) is 0 Å². The van der Waals surface area contributed by atoms with Gasteiger partial charge in [0.2, 0.25) is 0 Å². The van der Waals surface area contributed by atoms with Crippen molar-refractivity contribution in [3.05, 3.63) is 83.2 Å². The number of para-hydroxylation sites is 1. The van der Waals surface area contributed by atoms with E-state index in [1.165, 1.54) is 12.5 Å². The number of nitrogens with zero attached hydrogens (tertiary/aromatic N) is 2. The van der Waals surface area contributed by atoms with Crippen molar-refractivity contribution in [2.45, 2.75) is 0 Å². The molecule has 2 heterocycles. The lowest BCUT2D eigenvalue weighted by Gasteiger charge is -2.16. The zero-order valence-corrected chi connectivity index (χ0v) is 15.0. The fraction of sp³-hybridized carbons (Fsp3) is 0. The topological polar surface area (TPSA) is 72.6 Å². The predicted octanol–water partition coefficient (Wildman–Crippen LogP) is 5.07. The zero-order valence-electron chi connectivity index (χ0n) is 14.3. The maximum Gasteiger partial charge on any atom is 0.266 e. The third-order valence-electron chi connectivity index (χ3n) is 4.51. The summed E-state index contributed by atoms with van der Waals surface area (Å²) >= 11 is 6.37. The van der Waals surface area contributed by atoms with Gasteiger partial charge in [-0.2, -0.15) is 0 Å². The van der Waals surface area contributed by atoms with E-state index in [9.17, 15) is 9.59 Å². The number of fused-ring (bicyclic) bond motifs is 2. The number of rotatable bonds is 3. The van der Waals surface area contributed by atoms with Crippen LogP contribution in [0, 0.1) is 0 Å². The number of ether oxygens (including phenoxy) is 1. The Bertz CT molecular complexity index is 1230. The van der Waals surface area contributed by atoms with Crippen LogP contribution in [0.4, 0.5) is 5.69 Å². The molecule has 0 N–H and O–H groups in total. The second kappa shape index (κ2) is 6.21. The standard InChI is InChI=1S/C21H11ClN2O4/c22-15-10-12(24-20(25)13-4-1-2-5-14(13)21(24)26)8-9-16(15)28-18-7-3-6-17-19(18)23-11-27-17/h1-11H. The Morgan fingerprint density at radius 1 is 0.893 bits per heavy atom. The molecule has 6 nitrogen and oxygen atoms in total. The number of amides is 2. The average molecular weight is 391 g/mol. The minimum absolute atomic E-state index is 0.259. The summed E-state index contributed by atoms with van der Waals surface area (Å²) < 4.78 is 11.1. The highest BCUT2D eigenvalue weighted by atomic mass is 35.5. The molecule has 0 saturated heterocycles. The summed E-state index contributed by atoms with van der Waals surface area (Å²) in [6, 6.07) is 16.8. The predicted molar refractivity (Wildman–Crippen MR) is 103 cm³/mol. The Hall–Kier alpha value is -3.64. The molecule has 0 saturated carbocycles. The molecule has 1 aliphatic heterocycles. The molecule has 3 aromatic carbocycles. The first kappa shape index (κ1) is 16.5. The van der Waals surface area contributed by atoms with Crippen LogP contribution in [0.1, 0.15) is 20.7 Å². The van der Waals surface area contributed by atoms with Crippen LogP contribution in [0.25, 0.3) is 11.1 Å². The largest absolute Gasteiger partial charge is 0.453 e. The molecule has 0 unspecified atom stereocenters. The molecule has 5 rings (SSSR count). The van der Waals surface area contributed by atoms with Gasteiger partial charge in [-0.05, 0) is 42.5 Å². The maximum absolute atomic E-state index is 12.6. The smallest absolute Gasteiger partial charge is 0.266 e. The van der Waals surface area contributed by atoms with Crippen molar-refractivity contribution in [3.63, 3.8) is 0 Å². The minimum Gasteiger partial charge on any atom is -0.453 e. The fourth-order valence-electron chi connectivity index (χ4n) is 3.20. The monoisotopic (exact) mass is 390 g/mol. The van der Waals surface area contributed by atoms with Gasteiger partial charge < -0.3 is 9.15 Å². The molecule has 0 bridgehead atoms. The summed E-state index contributed by atoms with van der Waals surface area (Å²) in [5, 5.41) is 0.259. The van der Waals surface area contributed by atoms with Crippen molar-refractivity contribution < 1.29 is 18.7 Å². The van der Waals surface area contributed by atoms with E-state index in [0.29, 0.717) is 39.4 Å². The summed E-state index contributed by atoms with van der Waals surface area (Å²) in [5.74, 6) is 0.106. The summed E-state index contributed by atoms with van der Waals surface area (Å²) in [5.41, 5.74) is 2.30. The van der Waals surface area contributed by atoms with E-state index in [1.807, 2.05) is 0 Å². The molecule has 0 atom stereocenters. The normalized spacial score (nSPS) is 13.2. The van der Waals surface area contributed by atoms with Crippen molar-refractivity contribution >= 4 is 40.2 Å². The third kappa shape index (κ3) is 2.46. The van der Waals surface area contributed by atoms with E-state index in [0.717, 1.165) is 4.90 Å². The lowest BCUT2D eigenvalue weighted by Crippen LogP contribution is -2.29. The second-order valence-corrected chi connectivity index (χ2v) is 6.57. The quantitative estimate of drug-likeness (QED) is 0.456. The Morgan fingerprint density at radius 3 is 2.36 bits per heavy atom. The van der Waals surface area contributed by atoms with Gasteiger partial charge in [0.25, 0.3) is 11.8 Å². The first-order valence-electron chi connectivity index (χ1n) is 8.41. The number of hydrogen-bond donors (Lipinski definition) is 0. The molecule has 7 heteroatoms. The first-order valence-corrected chi connectivity index (χ1v) is 8.79. The van der Waals surface area contributed by atoms with Gasteiger partial charge in [-0.15, -0.1) is 0 Å². The van der Waals surface area contributed by atoms with E-state index >= 15 is 0 Å². The Kier molecular flexibility index (Phi) is 3.67. The minimum atomic E-state index is -0.377. The SMILES string of the molecule is O=C1c2ccccc2C(=O)N1c1ccc(Oc2cccc3ocnc23)c(Cl)c1. The lowest BCUT2D eigenvalue weighted by molar-refractivity contribution is 0.0926. The molecule has 0 spiro atoms. The number of aromatic nitrogens is 1. The van der Waals surface area contributed by atoms with Crippen LogP contribution < -0.4 is 9.64 Å². The molecule has 28 heavy (non-hydrogen) atoms. The zero-order chi connectivity index (χ0) is 19.3. The number of hydrogen-bond acceptors (Lipinski definition) is 5. The first-order chi connectivity index (χ1) is 13.6. The third-order valence-corrected chi connectivity index (χ3v) is 4.81. The Balaban J connectivity index is 1.49. The Morgan fingerprint density at radius 2 is 1.64 bits per heavy atom. The van der Waals surface area contributed by atoms with Gasteiger partial charge in [0, 0.05) is 0 Å². The van der Waals surface area contributed by atoms with Crippen molar-refractivity contribution in [3.8, 4) is 11.5 Å². The van der Waals surface area contributed by atoms with Crippen LogP contribution in [0.5, 0.6) is 11.5 Å². The van der Waals surface area contributed by atoms with Crippen molar-refractivity contribution in [1.82, 2.24) is 4.98 Å². The molecule has 1 aliphatic rings. The summed E-state index contributed by atoms with van der Waals surface area (Å²) in [7, 11) is 0. The molecule has 2 amide bonds. The average Bonchev–Trinajstić information content (AvgIpc) is 3.28. The van der Waals surface area contributed by atoms with Crippen molar-refractivity contribution in [1.29, 1.82) is 0 Å². The molecular weight excluding hydrogens is 380 g/mol. The van der Waals surface area contributed by atoms with E-state index in [4.69, 9.17) is 20.8 Å². The van der Waals surface area contributed by atoms with Crippen LogP contribution in [0.2, 0.25) is 5.02 Å². The highest BCUT2D eigenvalue weighted by Crippen LogP contribution is 2.37. The summed E-state index contributed by atoms with van der Waals surface area (Å²) in [6.45, 7) is 0. The number of halogens is 1. The van der Waals surface area contributed by atoms with Gasteiger partial charge in [0.05, 0.1) is 21.8 Å². The van der Waals surface area contributed by atoms with Crippen LogP contribution >= 0.6 is 11.6 Å². The van der Waals surface area contributed by atoms with E-state index in [2.05, 4.69) is 4.98 Å². The number of benzene rings is 3. The summed E-state index contributed by atoms with van der Waals surface area (Å²) in [6.07, 6.45) is 1.34. The molecule has 4 aromatic rings. The Labute approximate surface area is 163 Å². The molecule has 1 aromatic heterocycles. The maximum atomic E-state index is 12.6. The fourth-order valence-corrected chi connectivity index (χ4v) is 3.41. The van der Waals surface area contributed by atoms with Crippen molar-refractivity contribution in [2.75, 3.05) is 4.90 Å². The van der Waals surface area contributed by atoms with Gasteiger partial charge in [-0.3, -0.25) is 9.59 Å². The van der Waals surface area contributed by atoms with Crippen molar-refractivity contribution in [2.24, 2.45) is 0 Å². The molecule has 0 radical (unpaired) electrons. The van der Waals surface area contributed by atoms with E-state index in [1.54, 1.807) is 54.6 Å². The molecule has 0 fully saturated rings. The number of carbonyl (C=O) groups is 2. The highest BCUT2D eigenvalue weighted by molar-refractivity contribution is 6.36. The number of anilines is 1. The van der Waals surface area contributed by atoms with Crippen LogP contribution in [0.3, 0.4) is 0 Å². The highest BCUT2D eigenvalue weighted by Gasteiger charge is 2.36. The van der Waals surface area contributed by atoms with E-state index < -0.39 is 0 Å². The van der Waals surface area contributed by atoms with Gasteiger partial charge in [0.15, 0.2) is 23.2 Å². The lowest BCUT2D eigenvalue weighted by atomic mass is 10.1.